The van der Waals surface area contributed by atoms with E-state index in [4.69, 9.17) is 0 Å². The Labute approximate surface area is 158 Å². The number of aromatic nitrogens is 1. The number of likely N-dealkylation sites (tertiary alicyclic amines) is 1. The van der Waals surface area contributed by atoms with E-state index in [1.165, 1.54) is 11.6 Å². The number of H-pyrrole nitrogens is 1. The van der Waals surface area contributed by atoms with E-state index in [0.717, 1.165) is 42.4 Å². The highest BCUT2D eigenvalue weighted by molar-refractivity contribution is 5.98. The molecule has 2 heterocycles. The van der Waals surface area contributed by atoms with Crippen LogP contribution in [0.2, 0.25) is 0 Å². The Kier molecular flexibility index (Phi) is 4.94. The predicted molar refractivity (Wildman–Crippen MR) is 105 cm³/mol. The molecule has 0 aliphatic carbocycles. The lowest BCUT2D eigenvalue weighted by Gasteiger charge is -2.32. The number of halogens is 1. The molecule has 1 aliphatic heterocycles. The van der Waals surface area contributed by atoms with E-state index < -0.39 is 0 Å². The van der Waals surface area contributed by atoms with Crippen molar-refractivity contribution >= 4 is 16.8 Å². The Morgan fingerprint density at radius 3 is 2.74 bits per heavy atom. The van der Waals surface area contributed by atoms with Crippen LogP contribution in [-0.2, 0) is 6.54 Å². The lowest BCUT2D eigenvalue weighted by molar-refractivity contribution is 0.0904. The number of nitrogens with zero attached hydrogens (tertiary/aromatic N) is 1. The van der Waals surface area contributed by atoms with Crippen LogP contribution in [0.3, 0.4) is 0 Å². The second-order valence-corrected chi connectivity index (χ2v) is 7.39. The summed E-state index contributed by atoms with van der Waals surface area (Å²) in [6.07, 6.45) is 1.75. The van der Waals surface area contributed by atoms with Crippen molar-refractivity contribution in [2.75, 3.05) is 13.1 Å². The fourth-order valence-electron chi connectivity index (χ4n) is 3.74. The molecule has 140 valence electrons. The number of carbonyl (C=O) groups excluding carboxylic acids is 1. The van der Waals surface area contributed by atoms with Gasteiger partial charge < -0.3 is 10.3 Å². The van der Waals surface area contributed by atoms with Crippen LogP contribution < -0.4 is 5.32 Å². The fraction of sp³-hybridized carbons (Fsp3) is 0.318. The van der Waals surface area contributed by atoms with Crippen molar-refractivity contribution in [3.05, 3.63) is 71.2 Å². The summed E-state index contributed by atoms with van der Waals surface area (Å²) in [5.74, 6) is -0.210. The normalized spacial score (nSPS) is 15.9. The average molecular weight is 365 g/mol. The van der Waals surface area contributed by atoms with Gasteiger partial charge in [0, 0.05) is 42.1 Å². The van der Waals surface area contributed by atoms with Gasteiger partial charge in [-0.15, -0.1) is 0 Å². The second-order valence-electron chi connectivity index (χ2n) is 7.39. The molecule has 0 unspecified atom stereocenters. The van der Waals surface area contributed by atoms with E-state index in [0.29, 0.717) is 12.2 Å². The van der Waals surface area contributed by atoms with Crippen LogP contribution in [-0.4, -0.2) is 34.9 Å². The zero-order chi connectivity index (χ0) is 18.8. The Bertz CT molecular complexity index is 957. The molecule has 1 saturated heterocycles. The van der Waals surface area contributed by atoms with Crippen LogP contribution in [0.25, 0.3) is 10.9 Å². The molecule has 4 rings (SSSR count). The maximum Gasteiger partial charge on any atom is 0.267 e. The van der Waals surface area contributed by atoms with Crippen molar-refractivity contribution in [1.29, 1.82) is 0 Å². The Morgan fingerprint density at radius 2 is 1.96 bits per heavy atom. The van der Waals surface area contributed by atoms with Gasteiger partial charge in [0.2, 0.25) is 0 Å². The molecule has 27 heavy (non-hydrogen) atoms. The maximum atomic E-state index is 13.8. The third-order valence-electron chi connectivity index (χ3n) is 5.30. The average Bonchev–Trinajstić information content (AvgIpc) is 3.08. The van der Waals surface area contributed by atoms with Gasteiger partial charge in [-0.3, -0.25) is 9.69 Å². The summed E-state index contributed by atoms with van der Waals surface area (Å²) in [6.45, 7) is 4.37. The Hall–Kier alpha value is -2.66. The van der Waals surface area contributed by atoms with Gasteiger partial charge in [0.15, 0.2) is 0 Å². The molecule has 5 heteroatoms. The number of nitrogens with one attached hydrogen (secondary N) is 2. The summed E-state index contributed by atoms with van der Waals surface area (Å²) in [7, 11) is 0. The maximum absolute atomic E-state index is 13.8. The minimum Gasteiger partial charge on any atom is -0.351 e. The molecule has 0 saturated carbocycles. The van der Waals surface area contributed by atoms with E-state index in [-0.39, 0.29) is 17.8 Å². The smallest absolute Gasteiger partial charge is 0.267 e. The first-order valence-corrected chi connectivity index (χ1v) is 9.44. The van der Waals surface area contributed by atoms with E-state index in [1.54, 1.807) is 6.07 Å². The highest BCUT2D eigenvalue weighted by Crippen LogP contribution is 2.19. The van der Waals surface area contributed by atoms with Gasteiger partial charge in [-0.1, -0.05) is 29.8 Å². The van der Waals surface area contributed by atoms with Gasteiger partial charge in [-0.25, -0.2) is 4.39 Å². The highest BCUT2D eigenvalue weighted by atomic mass is 19.1. The van der Waals surface area contributed by atoms with Crippen LogP contribution in [0.1, 0.15) is 34.5 Å². The molecule has 0 bridgehead atoms. The zero-order valence-electron chi connectivity index (χ0n) is 15.5. The van der Waals surface area contributed by atoms with E-state index >= 15 is 0 Å². The number of hydrogen-bond acceptors (Lipinski definition) is 2. The molecule has 0 radical (unpaired) electrons. The largest absolute Gasteiger partial charge is 0.351 e. The predicted octanol–water partition coefficient (Wildman–Crippen LogP) is 4.01. The van der Waals surface area contributed by atoms with Gasteiger partial charge in [0.25, 0.3) is 5.91 Å². The molecule has 1 amide bonds. The molecule has 2 N–H and O–H groups in total. The van der Waals surface area contributed by atoms with Crippen molar-refractivity contribution in [3.8, 4) is 0 Å². The first-order valence-electron chi connectivity index (χ1n) is 9.44. The fourth-order valence-corrected chi connectivity index (χ4v) is 3.74. The number of fused-ring (bicyclic) bond motifs is 1. The summed E-state index contributed by atoms with van der Waals surface area (Å²) in [6, 6.07) is 15.1. The van der Waals surface area contributed by atoms with Crippen LogP contribution >= 0.6 is 0 Å². The molecule has 3 aromatic rings. The minimum atomic E-state index is -0.151. The lowest BCUT2D eigenvalue weighted by atomic mass is 10.0. The standard InChI is InChI=1S/C22H24FN3O/c1-15-6-7-20-17(12-15)13-21(25-20)22(27)24-18-8-10-26(11-9-18)14-16-4-2-3-5-19(16)23/h2-7,12-13,18,25H,8-11,14H2,1H3,(H,24,27). The van der Waals surface area contributed by atoms with Gasteiger partial charge >= 0.3 is 0 Å². The first kappa shape index (κ1) is 17.7. The summed E-state index contributed by atoms with van der Waals surface area (Å²) in [5.41, 5.74) is 3.49. The quantitative estimate of drug-likeness (QED) is 0.734. The van der Waals surface area contributed by atoms with E-state index in [2.05, 4.69) is 21.3 Å². The van der Waals surface area contributed by atoms with Crippen LogP contribution in [0.5, 0.6) is 0 Å². The number of hydrogen-bond donors (Lipinski definition) is 2. The molecular formula is C22H24FN3O. The number of rotatable bonds is 4. The van der Waals surface area contributed by atoms with Crippen LogP contribution in [0, 0.1) is 12.7 Å². The summed E-state index contributed by atoms with van der Waals surface area (Å²) in [5, 5.41) is 4.19. The number of benzene rings is 2. The van der Waals surface area contributed by atoms with Crippen molar-refractivity contribution in [3.63, 3.8) is 0 Å². The molecule has 0 atom stereocenters. The van der Waals surface area contributed by atoms with E-state index in [9.17, 15) is 9.18 Å². The van der Waals surface area contributed by atoms with Crippen LogP contribution in [0.15, 0.2) is 48.5 Å². The van der Waals surface area contributed by atoms with Crippen molar-refractivity contribution in [1.82, 2.24) is 15.2 Å². The summed E-state index contributed by atoms with van der Waals surface area (Å²) >= 11 is 0. The van der Waals surface area contributed by atoms with Gasteiger partial charge in [0.05, 0.1) is 0 Å². The number of amides is 1. The van der Waals surface area contributed by atoms with Crippen molar-refractivity contribution < 1.29 is 9.18 Å². The van der Waals surface area contributed by atoms with E-state index in [1.807, 2.05) is 37.3 Å². The second kappa shape index (κ2) is 7.53. The molecule has 2 aromatic carbocycles. The molecule has 0 spiro atoms. The monoisotopic (exact) mass is 365 g/mol. The summed E-state index contributed by atoms with van der Waals surface area (Å²) < 4.78 is 13.8. The third-order valence-corrected chi connectivity index (χ3v) is 5.30. The first-order chi connectivity index (χ1) is 13.1. The summed E-state index contributed by atoms with van der Waals surface area (Å²) in [4.78, 5) is 18.0. The number of piperidine rings is 1. The molecular weight excluding hydrogens is 341 g/mol. The number of aromatic amines is 1. The van der Waals surface area contributed by atoms with Gasteiger partial charge in [-0.05, 0) is 44.0 Å². The molecule has 1 fully saturated rings. The minimum absolute atomic E-state index is 0.0589. The highest BCUT2D eigenvalue weighted by Gasteiger charge is 2.22. The lowest BCUT2D eigenvalue weighted by Crippen LogP contribution is -2.44. The Balaban J connectivity index is 1.33. The SMILES string of the molecule is Cc1ccc2[nH]c(C(=O)NC3CCN(Cc4ccccc4F)CC3)cc2c1. The van der Waals surface area contributed by atoms with Gasteiger partial charge in [0.1, 0.15) is 11.5 Å². The number of aryl methyl sites for hydroxylation is 1. The molecule has 1 aliphatic rings. The van der Waals surface area contributed by atoms with Crippen molar-refractivity contribution in [2.24, 2.45) is 0 Å². The molecule has 1 aromatic heterocycles. The van der Waals surface area contributed by atoms with Crippen molar-refractivity contribution in [2.45, 2.75) is 32.4 Å². The third kappa shape index (κ3) is 4.03. The topological polar surface area (TPSA) is 48.1 Å². The van der Waals surface area contributed by atoms with Crippen LogP contribution in [0.4, 0.5) is 4.39 Å². The number of carbonyl (C=O) groups is 1. The zero-order valence-corrected chi connectivity index (χ0v) is 15.5. The molecule has 4 nitrogen and oxygen atoms in total. The van der Waals surface area contributed by atoms with Gasteiger partial charge in [-0.2, -0.15) is 0 Å². The Morgan fingerprint density at radius 1 is 1.19 bits per heavy atom.